The van der Waals surface area contributed by atoms with Gasteiger partial charge in [-0.2, -0.15) is 0 Å². The van der Waals surface area contributed by atoms with Gasteiger partial charge in [0.25, 0.3) is 0 Å². The zero-order valence-electron chi connectivity index (χ0n) is 9.68. The highest BCUT2D eigenvalue weighted by atomic mass is 16.3. The number of ketones is 1. The van der Waals surface area contributed by atoms with E-state index in [1.54, 1.807) is 18.2 Å². The first-order chi connectivity index (χ1) is 8.16. The summed E-state index contributed by atoms with van der Waals surface area (Å²) in [6.07, 6.45) is 0.234. The van der Waals surface area contributed by atoms with Crippen LogP contribution in [0.3, 0.4) is 0 Å². The van der Waals surface area contributed by atoms with Crippen LogP contribution in [-0.4, -0.2) is 10.9 Å². The summed E-state index contributed by atoms with van der Waals surface area (Å²) in [5, 5.41) is 9.68. The van der Waals surface area contributed by atoms with Crippen molar-refractivity contribution >= 4 is 5.78 Å². The summed E-state index contributed by atoms with van der Waals surface area (Å²) in [4.78, 5) is 12.0. The number of benzene rings is 2. The van der Waals surface area contributed by atoms with Gasteiger partial charge < -0.3 is 5.11 Å². The van der Waals surface area contributed by atoms with Crippen LogP contribution in [0.15, 0.2) is 48.5 Å². The summed E-state index contributed by atoms with van der Waals surface area (Å²) >= 11 is 0. The number of hydrogen-bond acceptors (Lipinski definition) is 2. The highest BCUT2D eigenvalue weighted by Gasteiger charge is 2.09. The molecule has 0 aromatic heterocycles. The van der Waals surface area contributed by atoms with E-state index < -0.39 is 0 Å². The normalized spacial score (nSPS) is 10.2. The Balaban J connectivity index is 2.22. The molecule has 2 aromatic rings. The molecule has 0 spiro atoms. The van der Waals surface area contributed by atoms with Gasteiger partial charge in [0.2, 0.25) is 0 Å². The largest absolute Gasteiger partial charge is 0.508 e. The Kier molecular flexibility index (Phi) is 3.24. The Labute approximate surface area is 101 Å². The second-order valence-electron chi connectivity index (χ2n) is 4.10. The van der Waals surface area contributed by atoms with Gasteiger partial charge in [-0.25, -0.2) is 0 Å². The quantitative estimate of drug-likeness (QED) is 0.816. The van der Waals surface area contributed by atoms with Crippen molar-refractivity contribution in [3.8, 4) is 5.75 Å². The van der Waals surface area contributed by atoms with Crippen molar-refractivity contribution in [2.75, 3.05) is 0 Å². The van der Waals surface area contributed by atoms with Gasteiger partial charge in [0.05, 0.1) is 0 Å². The van der Waals surface area contributed by atoms with E-state index in [1.807, 2.05) is 37.3 Å². The molecule has 0 aliphatic carbocycles. The third-order valence-electron chi connectivity index (χ3n) is 2.68. The lowest BCUT2D eigenvalue weighted by molar-refractivity contribution is 0.0992. The van der Waals surface area contributed by atoms with E-state index >= 15 is 0 Å². The van der Waals surface area contributed by atoms with Crippen LogP contribution in [0.25, 0.3) is 0 Å². The summed E-state index contributed by atoms with van der Waals surface area (Å²) in [6, 6.07) is 14.4. The van der Waals surface area contributed by atoms with Crippen LogP contribution in [0.2, 0.25) is 0 Å². The monoisotopic (exact) mass is 226 g/mol. The molecular weight excluding hydrogens is 212 g/mol. The van der Waals surface area contributed by atoms with E-state index in [0.29, 0.717) is 11.1 Å². The molecule has 1 N–H and O–H groups in total. The molecular formula is C15H14O2. The fourth-order valence-electron chi connectivity index (χ4n) is 1.75. The fourth-order valence-corrected chi connectivity index (χ4v) is 1.75. The van der Waals surface area contributed by atoms with Gasteiger partial charge in [-0.3, -0.25) is 4.79 Å². The third kappa shape index (κ3) is 2.72. The SMILES string of the molecule is Cc1ccc(O)c(CC(=O)c2ccccc2)c1. The number of carbonyl (C=O) groups is 1. The van der Waals surface area contributed by atoms with Crippen molar-refractivity contribution in [3.63, 3.8) is 0 Å². The van der Waals surface area contributed by atoms with Gasteiger partial charge in [-0.1, -0.05) is 48.0 Å². The number of phenols is 1. The Morgan fingerprint density at radius 2 is 1.82 bits per heavy atom. The van der Waals surface area contributed by atoms with Gasteiger partial charge >= 0.3 is 0 Å². The van der Waals surface area contributed by atoms with Gasteiger partial charge in [-0.05, 0) is 13.0 Å². The van der Waals surface area contributed by atoms with E-state index in [2.05, 4.69) is 0 Å². The molecule has 0 aliphatic rings. The van der Waals surface area contributed by atoms with Crippen LogP contribution in [0.1, 0.15) is 21.5 Å². The molecule has 0 atom stereocenters. The van der Waals surface area contributed by atoms with Crippen molar-refractivity contribution in [2.24, 2.45) is 0 Å². The van der Waals surface area contributed by atoms with Gasteiger partial charge in [0.1, 0.15) is 5.75 Å². The molecule has 2 heteroatoms. The molecule has 0 bridgehead atoms. The topological polar surface area (TPSA) is 37.3 Å². The second-order valence-corrected chi connectivity index (χ2v) is 4.10. The molecule has 0 saturated heterocycles. The summed E-state index contributed by atoms with van der Waals surface area (Å²) in [5.74, 6) is 0.200. The van der Waals surface area contributed by atoms with Crippen molar-refractivity contribution in [2.45, 2.75) is 13.3 Å². The Hall–Kier alpha value is -2.09. The lowest BCUT2D eigenvalue weighted by Gasteiger charge is -2.05. The van der Waals surface area contributed by atoms with E-state index in [1.165, 1.54) is 0 Å². The van der Waals surface area contributed by atoms with Crippen LogP contribution in [0.5, 0.6) is 5.75 Å². The minimum Gasteiger partial charge on any atom is -0.508 e. The standard InChI is InChI=1S/C15H14O2/c1-11-7-8-14(16)13(9-11)10-15(17)12-5-3-2-4-6-12/h2-9,16H,10H2,1H3. The summed E-state index contributed by atoms with van der Waals surface area (Å²) in [5.41, 5.74) is 2.39. The third-order valence-corrected chi connectivity index (χ3v) is 2.68. The second kappa shape index (κ2) is 4.83. The average molecular weight is 226 g/mol. The number of phenolic OH excluding ortho intramolecular Hbond substituents is 1. The Morgan fingerprint density at radius 1 is 1.12 bits per heavy atom. The number of rotatable bonds is 3. The maximum absolute atomic E-state index is 12.0. The number of Topliss-reactive ketones (excluding diaryl/α,β-unsaturated/α-hetero) is 1. The molecule has 0 heterocycles. The molecule has 2 aromatic carbocycles. The molecule has 2 nitrogen and oxygen atoms in total. The average Bonchev–Trinajstić information content (AvgIpc) is 2.35. The van der Waals surface area contributed by atoms with Crippen molar-refractivity contribution in [1.29, 1.82) is 0 Å². The van der Waals surface area contributed by atoms with E-state index in [4.69, 9.17) is 0 Å². The zero-order chi connectivity index (χ0) is 12.3. The number of aromatic hydroxyl groups is 1. The van der Waals surface area contributed by atoms with E-state index in [-0.39, 0.29) is 18.0 Å². The highest BCUT2D eigenvalue weighted by molar-refractivity contribution is 5.97. The maximum atomic E-state index is 12.0. The van der Waals surface area contributed by atoms with Crippen molar-refractivity contribution < 1.29 is 9.90 Å². The Morgan fingerprint density at radius 3 is 2.53 bits per heavy atom. The van der Waals surface area contributed by atoms with Crippen LogP contribution in [0, 0.1) is 6.92 Å². The lowest BCUT2D eigenvalue weighted by Crippen LogP contribution is -2.03. The molecule has 2 rings (SSSR count). The van der Waals surface area contributed by atoms with E-state index in [9.17, 15) is 9.90 Å². The molecule has 0 fully saturated rings. The molecule has 0 unspecified atom stereocenters. The molecule has 0 amide bonds. The molecule has 0 aliphatic heterocycles. The van der Waals surface area contributed by atoms with Crippen molar-refractivity contribution in [1.82, 2.24) is 0 Å². The van der Waals surface area contributed by atoms with Crippen LogP contribution >= 0.6 is 0 Å². The maximum Gasteiger partial charge on any atom is 0.167 e. The van der Waals surface area contributed by atoms with Gasteiger partial charge in [0, 0.05) is 17.5 Å². The molecule has 0 saturated carbocycles. The summed E-state index contributed by atoms with van der Waals surface area (Å²) in [6.45, 7) is 1.94. The van der Waals surface area contributed by atoms with Gasteiger partial charge in [-0.15, -0.1) is 0 Å². The number of hydrogen-bond donors (Lipinski definition) is 1. The van der Waals surface area contributed by atoms with Crippen LogP contribution in [0.4, 0.5) is 0 Å². The zero-order valence-corrected chi connectivity index (χ0v) is 9.68. The smallest absolute Gasteiger partial charge is 0.167 e. The predicted molar refractivity (Wildman–Crippen MR) is 67.3 cm³/mol. The molecule has 86 valence electrons. The first kappa shape index (κ1) is 11.4. The predicted octanol–water partition coefficient (Wildman–Crippen LogP) is 3.13. The number of aryl methyl sites for hydroxylation is 1. The number of carbonyl (C=O) groups excluding carboxylic acids is 1. The van der Waals surface area contributed by atoms with Crippen LogP contribution in [-0.2, 0) is 6.42 Å². The first-order valence-electron chi connectivity index (χ1n) is 5.53. The highest BCUT2D eigenvalue weighted by Crippen LogP contribution is 2.20. The lowest BCUT2D eigenvalue weighted by atomic mass is 10.0. The summed E-state index contributed by atoms with van der Waals surface area (Å²) < 4.78 is 0. The summed E-state index contributed by atoms with van der Waals surface area (Å²) in [7, 11) is 0. The first-order valence-corrected chi connectivity index (χ1v) is 5.53. The van der Waals surface area contributed by atoms with E-state index in [0.717, 1.165) is 5.56 Å². The molecule has 17 heavy (non-hydrogen) atoms. The molecule has 0 radical (unpaired) electrons. The Bertz CT molecular complexity index is 530. The minimum atomic E-state index is 0.0199. The van der Waals surface area contributed by atoms with Crippen LogP contribution < -0.4 is 0 Å². The van der Waals surface area contributed by atoms with Crippen molar-refractivity contribution in [3.05, 3.63) is 65.2 Å². The fraction of sp³-hybridized carbons (Fsp3) is 0.133. The van der Waals surface area contributed by atoms with Gasteiger partial charge in [0.15, 0.2) is 5.78 Å². The minimum absolute atomic E-state index is 0.0199.